The van der Waals surface area contributed by atoms with Crippen molar-refractivity contribution in [1.82, 2.24) is 4.90 Å². The molecular weight excluding hydrogens is 1380 g/mol. The number of nitrogens with zero attached hydrogens (tertiary/aromatic N) is 1. The molecule has 4 aliphatic heterocycles. The number of ether oxygens (including phenoxy) is 1. The number of cyclic esters (lactones) is 1. The number of morpholine rings is 1. The zero-order valence-corrected chi connectivity index (χ0v) is 60.8. The lowest BCUT2D eigenvalue weighted by Crippen LogP contribution is -2.64. The number of benzene rings is 6. The highest BCUT2D eigenvalue weighted by atomic mass is 35.5. The van der Waals surface area contributed by atoms with Gasteiger partial charge in [0.15, 0.2) is 0 Å². The van der Waals surface area contributed by atoms with Gasteiger partial charge in [-0.3, -0.25) is 24.1 Å². The number of ketones is 1. The third-order valence-electron chi connectivity index (χ3n) is 25.1. The first-order valence-corrected chi connectivity index (χ1v) is 36.8. The molecule has 5 saturated carbocycles. The van der Waals surface area contributed by atoms with Gasteiger partial charge in [-0.15, -0.1) is 12.4 Å². The SMILES string of the molecule is CC1(C)CCC2(CC1)C[C@@H](C(=O)CC1CCC(O)(CO)CC1)[C@H](c1cccc(Cl)c1F)[C@]21C(=O)Nc2cc(Cl)ccc21.CC1(C)CCC2(CC1)N1C(c3ccccc3)C(c3ccccc3)OC(=O)[C@H]1[C@H](c1cccc(Cl)c1F)[C@@]21C(=O)Nc2cc(Cl)ccc21.Cl.NC1CCC(O)(CO)CC1. The van der Waals surface area contributed by atoms with E-state index in [1.807, 2.05) is 60.7 Å². The molecule has 534 valence electrons. The van der Waals surface area contributed by atoms with Crippen LogP contribution in [0.3, 0.4) is 0 Å². The molecule has 7 fully saturated rings. The molecule has 0 bridgehead atoms. The topological polar surface area (TPSA) is 212 Å². The second-order valence-corrected chi connectivity index (χ2v) is 33.5. The number of halogens is 7. The average molecular weight is 1470 g/mol. The van der Waals surface area contributed by atoms with Gasteiger partial charge in [0.2, 0.25) is 11.8 Å². The summed E-state index contributed by atoms with van der Waals surface area (Å²) in [4.78, 5) is 61.3. The molecule has 0 aromatic heterocycles. The number of Topliss-reactive ketones (excluding diaryl/α,β-unsaturated/α-hetero) is 1. The lowest BCUT2D eigenvalue weighted by Gasteiger charge is -2.57. The van der Waals surface area contributed by atoms with Crippen molar-refractivity contribution in [2.24, 2.45) is 33.8 Å². The Bertz CT molecular complexity index is 4060. The maximum atomic E-state index is 16.5. The molecule has 2 unspecified atom stereocenters. The first kappa shape index (κ1) is 74.2. The Morgan fingerprint density at radius 1 is 0.570 bits per heavy atom. The maximum absolute atomic E-state index is 16.5. The van der Waals surface area contributed by atoms with Crippen LogP contribution in [0.4, 0.5) is 20.2 Å². The van der Waals surface area contributed by atoms with E-state index in [9.17, 15) is 29.7 Å². The number of anilines is 2. The fourth-order valence-corrected chi connectivity index (χ4v) is 20.4. The predicted octanol–water partition coefficient (Wildman–Crippen LogP) is 16.8. The van der Waals surface area contributed by atoms with E-state index >= 15 is 13.6 Å². The Kier molecular flexibility index (Phi) is 20.9. The second kappa shape index (κ2) is 28.2. The van der Waals surface area contributed by atoms with Crippen LogP contribution in [0.25, 0.3) is 0 Å². The van der Waals surface area contributed by atoms with E-state index in [0.29, 0.717) is 91.2 Å². The van der Waals surface area contributed by atoms with Crippen LogP contribution in [-0.4, -0.2) is 90.9 Å². The fourth-order valence-electron chi connectivity index (χ4n) is 19.7. The molecule has 0 radical (unpaired) electrons. The molecule has 8 N–H and O–H groups in total. The van der Waals surface area contributed by atoms with Crippen molar-refractivity contribution < 1.29 is 53.1 Å². The minimum Gasteiger partial charge on any atom is -0.454 e. The Balaban J connectivity index is 0.000000166. The van der Waals surface area contributed by atoms with Gasteiger partial charge in [0, 0.05) is 57.2 Å². The lowest BCUT2D eigenvalue weighted by molar-refractivity contribution is -0.184. The van der Waals surface area contributed by atoms with Gasteiger partial charge in [0.25, 0.3) is 0 Å². The number of amides is 2. The third-order valence-corrected chi connectivity index (χ3v) is 26.2. The van der Waals surface area contributed by atoms with Crippen LogP contribution in [0, 0.1) is 39.7 Å². The molecule has 13 nitrogen and oxygen atoms in total. The van der Waals surface area contributed by atoms with Crippen molar-refractivity contribution >= 4 is 93.8 Å². The minimum atomic E-state index is -1.36. The summed E-state index contributed by atoms with van der Waals surface area (Å²) in [5.74, 6) is -4.28. The van der Waals surface area contributed by atoms with Crippen LogP contribution < -0.4 is 16.4 Å². The number of fused-ring (bicyclic) bond motifs is 8. The summed E-state index contributed by atoms with van der Waals surface area (Å²) in [6.45, 7) is 8.59. The number of nitrogens with two attached hydrogens (primary N) is 1. The summed E-state index contributed by atoms with van der Waals surface area (Å²) in [5, 5.41) is 45.6. The highest BCUT2D eigenvalue weighted by Gasteiger charge is 2.79. The number of hydrogen-bond donors (Lipinski definition) is 7. The molecule has 8 atom stereocenters. The number of aliphatic hydroxyl groups is 4. The maximum Gasteiger partial charge on any atom is 0.324 e. The number of nitrogens with one attached hydrogen (secondary N) is 2. The molecule has 2 saturated heterocycles. The molecule has 4 heterocycles. The summed E-state index contributed by atoms with van der Waals surface area (Å²) in [6, 6.07) is 39.2. The second-order valence-electron chi connectivity index (χ2n) is 31.8. The Morgan fingerprint density at radius 3 is 1.54 bits per heavy atom. The summed E-state index contributed by atoms with van der Waals surface area (Å²) < 4.78 is 39.1. The van der Waals surface area contributed by atoms with E-state index in [1.165, 1.54) is 12.1 Å². The van der Waals surface area contributed by atoms with Gasteiger partial charge in [-0.2, -0.15) is 0 Å². The molecule has 9 aliphatic rings. The van der Waals surface area contributed by atoms with Gasteiger partial charge in [-0.05, 0) is 201 Å². The molecule has 4 spiro atoms. The molecule has 100 heavy (non-hydrogen) atoms. The number of esters is 1. The highest BCUT2D eigenvalue weighted by Crippen LogP contribution is 2.74. The lowest BCUT2D eigenvalue weighted by atomic mass is 9.51. The molecular formula is C80H91Cl5F2N4O9. The summed E-state index contributed by atoms with van der Waals surface area (Å²) >= 11 is 25.7. The average Bonchev–Trinajstić information content (AvgIpc) is 1.47. The van der Waals surface area contributed by atoms with E-state index in [2.05, 4.69) is 55.4 Å². The molecule has 15 rings (SSSR count). The van der Waals surface area contributed by atoms with E-state index < -0.39 is 86.5 Å². The van der Waals surface area contributed by atoms with Crippen molar-refractivity contribution in [2.75, 3.05) is 23.8 Å². The first-order valence-electron chi connectivity index (χ1n) is 35.2. The number of hydrogen-bond acceptors (Lipinski definition) is 11. The van der Waals surface area contributed by atoms with Crippen molar-refractivity contribution in [3.63, 3.8) is 0 Å². The van der Waals surface area contributed by atoms with Gasteiger partial charge in [0.05, 0.1) is 45.9 Å². The van der Waals surface area contributed by atoms with Crippen molar-refractivity contribution in [2.45, 2.75) is 207 Å². The smallest absolute Gasteiger partial charge is 0.324 e. The van der Waals surface area contributed by atoms with Gasteiger partial charge in [-0.1, -0.05) is 171 Å². The quantitative estimate of drug-likeness (QED) is 0.0677. The van der Waals surface area contributed by atoms with Gasteiger partial charge in [0.1, 0.15) is 35.0 Å². The molecule has 6 aromatic carbocycles. The van der Waals surface area contributed by atoms with Gasteiger partial charge in [-0.25, -0.2) is 8.78 Å². The number of carbonyl (C=O) groups excluding carboxylic acids is 4. The summed E-state index contributed by atoms with van der Waals surface area (Å²) in [5.41, 5.74) is 4.96. The molecule has 5 aliphatic carbocycles. The predicted molar refractivity (Wildman–Crippen MR) is 389 cm³/mol. The van der Waals surface area contributed by atoms with E-state index in [4.69, 9.17) is 62.0 Å². The largest absolute Gasteiger partial charge is 0.454 e. The Morgan fingerprint density at radius 2 is 1.03 bits per heavy atom. The molecule has 2 amide bonds. The van der Waals surface area contributed by atoms with Crippen LogP contribution in [0.2, 0.25) is 20.1 Å². The zero-order chi connectivity index (χ0) is 70.4. The molecule has 20 heteroatoms. The van der Waals surface area contributed by atoms with E-state index in [-0.39, 0.29) is 81.6 Å². The van der Waals surface area contributed by atoms with Crippen LogP contribution in [0.5, 0.6) is 0 Å². The normalized spacial score (nSPS) is 31.7. The van der Waals surface area contributed by atoms with Crippen LogP contribution >= 0.6 is 58.8 Å². The van der Waals surface area contributed by atoms with E-state index in [1.54, 1.807) is 48.5 Å². The van der Waals surface area contributed by atoms with Crippen molar-refractivity contribution in [1.29, 1.82) is 0 Å². The van der Waals surface area contributed by atoms with Gasteiger partial charge >= 0.3 is 5.97 Å². The number of carbonyl (C=O) groups is 4. The summed E-state index contributed by atoms with van der Waals surface area (Å²) in [7, 11) is 0. The first-order chi connectivity index (χ1) is 47.1. The Labute approximate surface area is 611 Å². The van der Waals surface area contributed by atoms with Gasteiger partial charge < -0.3 is 41.5 Å². The van der Waals surface area contributed by atoms with Crippen LogP contribution in [0.15, 0.2) is 133 Å². The minimum absolute atomic E-state index is 0. The highest BCUT2D eigenvalue weighted by molar-refractivity contribution is 6.32. The number of aliphatic hydroxyl groups excluding tert-OH is 2. The van der Waals surface area contributed by atoms with Crippen LogP contribution in [0.1, 0.15) is 201 Å². The zero-order valence-electron chi connectivity index (χ0n) is 57.0. The monoisotopic (exact) mass is 1460 g/mol. The van der Waals surface area contributed by atoms with E-state index in [0.717, 1.165) is 73.6 Å². The third kappa shape index (κ3) is 12.6. The van der Waals surface area contributed by atoms with Crippen molar-refractivity contribution in [3.05, 3.63) is 199 Å². The number of rotatable bonds is 9. The van der Waals surface area contributed by atoms with Crippen LogP contribution in [-0.2, 0) is 34.7 Å². The standard InChI is InChI=1S/C39H35Cl2FN2O3.C34H40Cl2FNO4.C7H15NO2.ClH/c1-37(2)18-20-38(21-19-37)39(27-17-16-25(40)22-29(27)43-36(39)46)30(26-14-9-15-28(41)31(26)42)33-35(45)47-34(24-12-7-4-8-13-24)32(44(33)38)23-10-5-3-6-11-23;1-31(2)12-14-32(15-13-31)18-23(27(40)16-20-8-10-33(42,19-39)11-9-20)28(22-4-3-5-25(36)29(22)37)34(32)24-7-6-21(35)17-26(24)38-30(34)41;8-6-1-3-7(10,5-9)4-2-6;/h3-17,22,30,32-34H,18-21H2,1-2H3,(H,43,46);3-7,17,20,23,28,39,42H,8-16,18-19H2,1-2H3,(H,38,41);6,9-10H,1-5,8H2;1H/t30-,32?,33+,34?,39-;20?,23-,28-,33?,34+;;/m00../s1. The summed E-state index contributed by atoms with van der Waals surface area (Å²) in [6.07, 6.45) is 11.4. The molecule has 6 aromatic rings. The fraction of sp³-hybridized carbons (Fsp3) is 0.500. The van der Waals surface area contributed by atoms with Crippen molar-refractivity contribution in [3.8, 4) is 0 Å². The Hall–Kier alpha value is -5.53.